The monoisotopic (exact) mass is 311 g/mol. The topological polar surface area (TPSA) is 29.0 Å². The van der Waals surface area contributed by atoms with Crippen LogP contribution in [0.5, 0.6) is 0 Å². The molecule has 1 aromatic heterocycles. The van der Waals surface area contributed by atoms with Gasteiger partial charge in [-0.1, -0.05) is 36.8 Å². The summed E-state index contributed by atoms with van der Waals surface area (Å²) in [5.74, 6) is 2.00. The SMILES string of the molecule is c1ccc(CSc2cncc(N3CCC4(CCC4)C3)n2)cc1. The van der Waals surface area contributed by atoms with Crippen LogP contribution in [-0.4, -0.2) is 23.1 Å². The Morgan fingerprint density at radius 3 is 2.68 bits per heavy atom. The van der Waals surface area contributed by atoms with Gasteiger partial charge in [0.05, 0.1) is 12.4 Å². The van der Waals surface area contributed by atoms with Gasteiger partial charge in [-0.15, -0.1) is 11.8 Å². The molecule has 2 heterocycles. The van der Waals surface area contributed by atoms with Gasteiger partial charge in [-0.25, -0.2) is 4.98 Å². The van der Waals surface area contributed by atoms with Gasteiger partial charge in [0.1, 0.15) is 10.8 Å². The fourth-order valence-corrected chi connectivity index (χ4v) is 4.31. The van der Waals surface area contributed by atoms with Gasteiger partial charge in [0.25, 0.3) is 0 Å². The van der Waals surface area contributed by atoms with Crippen molar-refractivity contribution in [2.45, 2.75) is 36.5 Å². The molecule has 1 saturated heterocycles. The minimum Gasteiger partial charge on any atom is -0.355 e. The second-order valence-electron chi connectivity index (χ2n) is 6.51. The van der Waals surface area contributed by atoms with E-state index < -0.39 is 0 Å². The molecule has 1 aliphatic carbocycles. The first-order chi connectivity index (χ1) is 10.8. The Balaban J connectivity index is 1.42. The minimum atomic E-state index is 0.606. The molecule has 2 aromatic rings. The average molecular weight is 311 g/mol. The highest BCUT2D eigenvalue weighted by molar-refractivity contribution is 7.98. The van der Waals surface area contributed by atoms with E-state index in [0.29, 0.717) is 5.41 Å². The predicted octanol–water partition coefficient (Wildman–Crippen LogP) is 4.15. The molecule has 1 aromatic carbocycles. The molecule has 1 aliphatic heterocycles. The molecule has 114 valence electrons. The normalized spacial score (nSPS) is 19.4. The highest BCUT2D eigenvalue weighted by atomic mass is 32.2. The average Bonchev–Trinajstić information content (AvgIpc) is 3.00. The zero-order valence-corrected chi connectivity index (χ0v) is 13.6. The summed E-state index contributed by atoms with van der Waals surface area (Å²) in [7, 11) is 0. The van der Waals surface area contributed by atoms with Crippen LogP contribution in [0.15, 0.2) is 47.8 Å². The fraction of sp³-hybridized carbons (Fsp3) is 0.444. The van der Waals surface area contributed by atoms with Crippen LogP contribution in [0, 0.1) is 5.41 Å². The van der Waals surface area contributed by atoms with Crippen molar-refractivity contribution < 1.29 is 0 Å². The summed E-state index contributed by atoms with van der Waals surface area (Å²) >= 11 is 1.77. The van der Waals surface area contributed by atoms with Crippen molar-refractivity contribution >= 4 is 17.6 Å². The number of nitrogens with zero attached hydrogens (tertiary/aromatic N) is 3. The van der Waals surface area contributed by atoms with Gasteiger partial charge in [0.2, 0.25) is 0 Å². The molecule has 4 rings (SSSR count). The molecule has 1 saturated carbocycles. The van der Waals surface area contributed by atoms with E-state index in [0.717, 1.165) is 23.1 Å². The maximum atomic E-state index is 4.82. The lowest BCUT2D eigenvalue weighted by molar-refractivity contribution is 0.165. The van der Waals surface area contributed by atoms with E-state index in [-0.39, 0.29) is 0 Å². The van der Waals surface area contributed by atoms with Crippen LogP contribution in [0.25, 0.3) is 0 Å². The summed E-state index contributed by atoms with van der Waals surface area (Å²) in [6.07, 6.45) is 9.35. The molecule has 4 heteroatoms. The summed E-state index contributed by atoms with van der Waals surface area (Å²) < 4.78 is 0. The number of benzene rings is 1. The number of rotatable bonds is 4. The van der Waals surface area contributed by atoms with Gasteiger partial charge in [-0.2, -0.15) is 0 Å². The lowest BCUT2D eigenvalue weighted by Crippen LogP contribution is -2.33. The molecular weight excluding hydrogens is 290 g/mol. The minimum absolute atomic E-state index is 0.606. The van der Waals surface area contributed by atoms with Crippen LogP contribution in [-0.2, 0) is 5.75 Å². The first-order valence-corrected chi connectivity index (χ1v) is 9.05. The van der Waals surface area contributed by atoms with E-state index in [1.165, 1.54) is 37.8 Å². The van der Waals surface area contributed by atoms with Crippen molar-refractivity contribution in [2.24, 2.45) is 5.41 Å². The lowest BCUT2D eigenvalue weighted by Gasteiger charge is -2.38. The molecule has 0 atom stereocenters. The van der Waals surface area contributed by atoms with E-state index in [1.807, 2.05) is 12.4 Å². The summed E-state index contributed by atoms with van der Waals surface area (Å²) in [6, 6.07) is 10.5. The third kappa shape index (κ3) is 2.84. The predicted molar refractivity (Wildman–Crippen MR) is 91.1 cm³/mol. The quantitative estimate of drug-likeness (QED) is 0.793. The molecule has 2 fully saturated rings. The smallest absolute Gasteiger partial charge is 0.148 e. The highest BCUT2D eigenvalue weighted by Crippen LogP contribution is 2.48. The van der Waals surface area contributed by atoms with Gasteiger partial charge < -0.3 is 4.90 Å². The molecule has 0 bridgehead atoms. The van der Waals surface area contributed by atoms with Gasteiger partial charge in [0.15, 0.2) is 0 Å². The van der Waals surface area contributed by atoms with Crippen molar-refractivity contribution in [3.63, 3.8) is 0 Å². The number of hydrogen-bond donors (Lipinski definition) is 0. The molecule has 0 unspecified atom stereocenters. The molecule has 2 aliphatic rings. The Bertz CT molecular complexity index is 640. The van der Waals surface area contributed by atoms with Crippen molar-refractivity contribution in [3.05, 3.63) is 48.3 Å². The van der Waals surface area contributed by atoms with Gasteiger partial charge >= 0.3 is 0 Å². The standard InChI is InChI=1S/C18H21N3S/c1-2-5-15(6-3-1)13-22-17-12-19-11-16(20-17)21-10-9-18(14-21)7-4-8-18/h1-3,5-6,11-12H,4,7-10,13-14H2. The molecule has 22 heavy (non-hydrogen) atoms. The van der Waals surface area contributed by atoms with Crippen LogP contribution < -0.4 is 4.90 Å². The maximum absolute atomic E-state index is 4.82. The summed E-state index contributed by atoms with van der Waals surface area (Å²) in [5, 5.41) is 1.02. The third-order valence-corrected chi connectivity index (χ3v) is 5.98. The zero-order chi connectivity index (χ0) is 14.8. The van der Waals surface area contributed by atoms with Crippen LogP contribution in [0.4, 0.5) is 5.82 Å². The fourth-order valence-electron chi connectivity index (χ4n) is 3.51. The van der Waals surface area contributed by atoms with E-state index in [2.05, 4.69) is 40.2 Å². The van der Waals surface area contributed by atoms with E-state index in [9.17, 15) is 0 Å². The summed E-state index contributed by atoms with van der Waals surface area (Å²) in [4.78, 5) is 11.7. The third-order valence-electron chi connectivity index (χ3n) is 5.01. The van der Waals surface area contributed by atoms with Gasteiger partial charge in [0, 0.05) is 18.8 Å². The molecule has 0 N–H and O–H groups in total. The Labute approximate surface area is 136 Å². The Hall–Kier alpha value is -1.55. The number of hydrogen-bond acceptors (Lipinski definition) is 4. The zero-order valence-electron chi connectivity index (χ0n) is 12.7. The van der Waals surface area contributed by atoms with E-state index in [1.54, 1.807) is 11.8 Å². The molecular formula is C18H21N3S. The first kappa shape index (κ1) is 14.1. The summed E-state index contributed by atoms with van der Waals surface area (Å²) in [5.41, 5.74) is 1.93. The maximum Gasteiger partial charge on any atom is 0.148 e. The Kier molecular flexibility index (Phi) is 3.78. The number of aromatic nitrogens is 2. The summed E-state index contributed by atoms with van der Waals surface area (Å²) in [6.45, 7) is 2.32. The van der Waals surface area contributed by atoms with Crippen molar-refractivity contribution in [2.75, 3.05) is 18.0 Å². The van der Waals surface area contributed by atoms with Gasteiger partial charge in [-0.05, 0) is 30.2 Å². The van der Waals surface area contributed by atoms with Crippen LogP contribution >= 0.6 is 11.8 Å². The Morgan fingerprint density at radius 1 is 1.09 bits per heavy atom. The number of thioether (sulfide) groups is 1. The van der Waals surface area contributed by atoms with Crippen LogP contribution in [0.3, 0.4) is 0 Å². The van der Waals surface area contributed by atoms with Crippen LogP contribution in [0.2, 0.25) is 0 Å². The first-order valence-electron chi connectivity index (χ1n) is 8.07. The van der Waals surface area contributed by atoms with Crippen molar-refractivity contribution in [1.82, 2.24) is 9.97 Å². The second-order valence-corrected chi connectivity index (χ2v) is 7.51. The molecule has 3 nitrogen and oxygen atoms in total. The number of anilines is 1. The lowest BCUT2D eigenvalue weighted by atomic mass is 9.68. The second kappa shape index (κ2) is 5.92. The largest absolute Gasteiger partial charge is 0.355 e. The molecule has 0 amide bonds. The highest BCUT2D eigenvalue weighted by Gasteiger charge is 2.43. The molecule has 1 spiro atoms. The van der Waals surface area contributed by atoms with Gasteiger partial charge in [-0.3, -0.25) is 4.98 Å². The van der Waals surface area contributed by atoms with Crippen LogP contribution in [0.1, 0.15) is 31.2 Å². The van der Waals surface area contributed by atoms with Crippen molar-refractivity contribution in [1.29, 1.82) is 0 Å². The molecule has 0 radical (unpaired) electrons. The van der Waals surface area contributed by atoms with E-state index in [4.69, 9.17) is 4.98 Å². The Morgan fingerprint density at radius 2 is 1.95 bits per heavy atom. The van der Waals surface area contributed by atoms with E-state index >= 15 is 0 Å². The van der Waals surface area contributed by atoms with Crippen molar-refractivity contribution in [3.8, 4) is 0 Å².